The van der Waals surface area contributed by atoms with E-state index in [1.165, 1.54) is 0 Å². The van der Waals surface area contributed by atoms with Crippen LogP contribution in [0, 0.1) is 5.41 Å². The maximum atomic E-state index is 6.07. The summed E-state index contributed by atoms with van der Waals surface area (Å²) in [4.78, 5) is 0. The van der Waals surface area contributed by atoms with Crippen molar-refractivity contribution in [3.8, 4) is 0 Å². The SMILES string of the molecule is CCC(CC)(CCl)CNCc1ccc(Cl)c(Cl)c1. The van der Waals surface area contributed by atoms with Gasteiger partial charge in [-0.3, -0.25) is 0 Å². The summed E-state index contributed by atoms with van der Waals surface area (Å²) >= 11 is 17.9. The molecule has 0 heterocycles. The Balaban J connectivity index is 2.52. The van der Waals surface area contributed by atoms with Crippen molar-refractivity contribution in [3.63, 3.8) is 0 Å². The summed E-state index contributed by atoms with van der Waals surface area (Å²) in [7, 11) is 0. The summed E-state index contributed by atoms with van der Waals surface area (Å²) in [5.74, 6) is 0.689. The minimum absolute atomic E-state index is 0.192. The van der Waals surface area contributed by atoms with Crippen molar-refractivity contribution < 1.29 is 0 Å². The van der Waals surface area contributed by atoms with Crippen LogP contribution in [0.2, 0.25) is 10.0 Å². The van der Waals surface area contributed by atoms with E-state index in [0.29, 0.717) is 15.9 Å². The quantitative estimate of drug-likeness (QED) is 0.689. The zero-order valence-electron chi connectivity index (χ0n) is 10.9. The molecule has 0 saturated carbocycles. The van der Waals surface area contributed by atoms with Crippen LogP contribution in [0.15, 0.2) is 18.2 Å². The van der Waals surface area contributed by atoms with Crippen LogP contribution in [0.5, 0.6) is 0 Å². The third-order valence-electron chi connectivity index (χ3n) is 3.60. The lowest BCUT2D eigenvalue weighted by atomic mass is 9.84. The Hall–Kier alpha value is 0.0500. The lowest BCUT2D eigenvalue weighted by molar-refractivity contribution is 0.286. The number of hydrogen-bond acceptors (Lipinski definition) is 1. The standard InChI is InChI=1S/C14H20Cl3N/c1-3-14(4-2,9-15)10-18-8-11-5-6-12(16)13(17)7-11/h5-7,18H,3-4,8-10H2,1-2H3. The molecule has 0 aromatic heterocycles. The molecule has 0 unspecified atom stereocenters. The van der Waals surface area contributed by atoms with Crippen molar-refractivity contribution in [2.45, 2.75) is 33.2 Å². The Bertz CT molecular complexity index is 367. The molecule has 0 spiro atoms. The highest BCUT2D eigenvalue weighted by molar-refractivity contribution is 6.42. The van der Waals surface area contributed by atoms with Gasteiger partial charge in [-0.1, -0.05) is 43.1 Å². The van der Waals surface area contributed by atoms with Crippen LogP contribution >= 0.6 is 34.8 Å². The maximum Gasteiger partial charge on any atom is 0.0595 e. The first kappa shape index (κ1) is 16.1. The van der Waals surface area contributed by atoms with E-state index < -0.39 is 0 Å². The molecule has 102 valence electrons. The molecule has 0 radical (unpaired) electrons. The Labute approximate surface area is 125 Å². The van der Waals surface area contributed by atoms with Gasteiger partial charge in [0.25, 0.3) is 0 Å². The van der Waals surface area contributed by atoms with Gasteiger partial charge < -0.3 is 5.32 Å². The van der Waals surface area contributed by atoms with Crippen molar-refractivity contribution >= 4 is 34.8 Å². The smallest absolute Gasteiger partial charge is 0.0595 e. The molecule has 0 aliphatic carbocycles. The van der Waals surface area contributed by atoms with Gasteiger partial charge in [-0.15, -0.1) is 11.6 Å². The van der Waals surface area contributed by atoms with E-state index >= 15 is 0 Å². The van der Waals surface area contributed by atoms with Gasteiger partial charge in [0, 0.05) is 19.0 Å². The average Bonchev–Trinajstić information content (AvgIpc) is 2.39. The molecule has 1 N–H and O–H groups in total. The molecule has 1 aromatic carbocycles. The second-order valence-electron chi connectivity index (χ2n) is 4.69. The number of benzene rings is 1. The monoisotopic (exact) mass is 307 g/mol. The van der Waals surface area contributed by atoms with E-state index in [1.807, 2.05) is 18.2 Å². The van der Waals surface area contributed by atoms with Crippen molar-refractivity contribution in [3.05, 3.63) is 33.8 Å². The Kier molecular flexibility index (Phi) is 6.79. The minimum Gasteiger partial charge on any atom is -0.312 e. The molecule has 0 amide bonds. The molecule has 0 bridgehead atoms. The number of alkyl halides is 1. The summed E-state index contributed by atoms with van der Waals surface area (Å²) in [6.07, 6.45) is 2.17. The van der Waals surface area contributed by atoms with Crippen molar-refractivity contribution in [2.24, 2.45) is 5.41 Å². The lowest BCUT2D eigenvalue weighted by Crippen LogP contribution is -2.34. The molecule has 0 saturated heterocycles. The fourth-order valence-electron chi connectivity index (χ4n) is 1.86. The zero-order chi connectivity index (χ0) is 13.6. The first-order valence-corrected chi connectivity index (χ1v) is 7.56. The predicted molar refractivity (Wildman–Crippen MR) is 81.9 cm³/mol. The van der Waals surface area contributed by atoms with E-state index in [9.17, 15) is 0 Å². The second-order valence-corrected chi connectivity index (χ2v) is 5.77. The van der Waals surface area contributed by atoms with Crippen LogP contribution in [0.3, 0.4) is 0 Å². The highest BCUT2D eigenvalue weighted by Gasteiger charge is 2.24. The number of halogens is 3. The zero-order valence-corrected chi connectivity index (χ0v) is 13.2. The fourth-order valence-corrected chi connectivity index (χ4v) is 2.65. The average molecular weight is 309 g/mol. The molecular weight excluding hydrogens is 289 g/mol. The van der Waals surface area contributed by atoms with Gasteiger partial charge in [-0.25, -0.2) is 0 Å². The van der Waals surface area contributed by atoms with Crippen LogP contribution in [-0.2, 0) is 6.54 Å². The van der Waals surface area contributed by atoms with Crippen LogP contribution < -0.4 is 5.32 Å². The van der Waals surface area contributed by atoms with Gasteiger partial charge in [0.1, 0.15) is 0 Å². The van der Waals surface area contributed by atoms with Crippen molar-refractivity contribution in [1.82, 2.24) is 5.32 Å². The second kappa shape index (κ2) is 7.59. The molecule has 0 fully saturated rings. The molecule has 18 heavy (non-hydrogen) atoms. The molecule has 0 aliphatic rings. The van der Waals surface area contributed by atoms with E-state index in [1.54, 1.807) is 0 Å². The Morgan fingerprint density at radius 3 is 2.28 bits per heavy atom. The maximum absolute atomic E-state index is 6.07. The Morgan fingerprint density at radius 1 is 1.11 bits per heavy atom. The summed E-state index contributed by atoms with van der Waals surface area (Å²) in [6, 6.07) is 5.72. The summed E-state index contributed by atoms with van der Waals surface area (Å²) in [5.41, 5.74) is 1.33. The van der Waals surface area contributed by atoms with Crippen LogP contribution in [0.1, 0.15) is 32.3 Å². The van der Waals surface area contributed by atoms with E-state index in [2.05, 4.69) is 19.2 Å². The third kappa shape index (κ3) is 4.31. The summed E-state index contributed by atoms with van der Waals surface area (Å²) in [6.45, 7) is 6.08. The van der Waals surface area contributed by atoms with Crippen molar-refractivity contribution in [2.75, 3.05) is 12.4 Å². The predicted octanol–water partition coefficient (Wildman–Crippen LogP) is 5.13. The number of nitrogens with one attached hydrogen (secondary N) is 1. The van der Waals surface area contributed by atoms with E-state index in [4.69, 9.17) is 34.8 Å². The van der Waals surface area contributed by atoms with Gasteiger partial charge >= 0.3 is 0 Å². The van der Waals surface area contributed by atoms with Crippen LogP contribution in [-0.4, -0.2) is 12.4 Å². The van der Waals surface area contributed by atoms with E-state index in [0.717, 1.165) is 31.5 Å². The highest BCUT2D eigenvalue weighted by Crippen LogP contribution is 2.27. The van der Waals surface area contributed by atoms with Gasteiger partial charge in [0.15, 0.2) is 0 Å². The lowest BCUT2D eigenvalue weighted by Gasteiger charge is -2.29. The topological polar surface area (TPSA) is 12.0 Å². The van der Waals surface area contributed by atoms with Crippen LogP contribution in [0.25, 0.3) is 0 Å². The van der Waals surface area contributed by atoms with Gasteiger partial charge in [-0.05, 0) is 36.0 Å². The first-order chi connectivity index (χ1) is 8.56. The van der Waals surface area contributed by atoms with Gasteiger partial charge in [0.2, 0.25) is 0 Å². The molecule has 1 aromatic rings. The van der Waals surface area contributed by atoms with Crippen molar-refractivity contribution in [1.29, 1.82) is 0 Å². The summed E-state index contributed by atoms with van der Waals surface area (Å²) < 4.78 is 0. The first-order valence-electron chi connectivity index (χ1n) is 6.27. The molecular formula is C14H20Cl3N. The molecule has 0 atom stereocenters. The van der Waals surface area contributed by atoms with Gasteiger partial charge in [0.05, 0.1) is 10.0 Å². The Morgan fingerprint density at radius 2 is 1.78 bits per heavy atom. The third-order valence-corrected chi connectivity index (χ3v) is 4.90. The normalized spacial score (nSPS) is 11.8. The fraction of sp³-hybridized carbons (Fsp3) is 0.571. The minimum atomic E-state index is 0.192. The van der Waals surface area contributed by atoms with E-state index in [-0.39, 0.29) is 5.41 Å². The highest BCUT2D eigenvalue weighted by atomic mass is 35.5. The number of rotatable bonds is 7. The summed E-state index contributed by atoms with van der Waals surface area (Å²) in [5, 5.41) is 4.65. The molecule has 1 rings (SSSR count). The molecule has 0 aliphatic heterocycles. The largest absolute Gasteiger partial charge is 0.312 e. The molecule has 4 heteroatoms. The molecule has 1 nitrogen and oxygen atoms in total. The van der Waals surface area contributed by atoms with Crippen LogP contribution in [0.4, 0.5) is 0 Å². The number of hydrogen-bond donors (Lipinski definition) is 1. The van der Waals surface area contributed by atoms with Gasteiger partial charge in [-0.2, -0.15) is 0 Å².